The predicted molar refractivity (Wildman–Crippen MR) is 43.2 cm³/mol. The van der Waals surface area contributed by atoms with Gasteiger partial charge in [0.05, 0.1) is 12.1 Å². The molecule has 0 aliphatic heterocycles. The summed E-state index contributed by atoms with van der Waals surface area (Å²) >= 11 is 0. The van der Waals surface area contributed by atoms with Crippen LogP contribution in [0.1, 0.15) is 0 Å². The molecule has 0 aromatic rings. The fraction of sp³-hybridized carbons (Fsp3) is 0.667. The molecule has 0 spiro atoms. The summed E-state index contributed by atoms with van der Waals surface area (Å²) < 4.78 is 0. The number of hydrogen-bond donors (Lipinski definition) is 5. The van der Waals surface area contributed by atoms with Crippen LogP contribution in [-0.4, -0.2) is 46.7 Å². The van der Waals surface area contributed by atoms with Crippen LogP contribution in [0.2, 0.25) is 0 Å². The maximum absolute atomic E-state index is 10.4. The summed E-state index contributed by atoms with van der Waals surface area (Å²) in [6.07, 6.45) is -3.15. The molecular weight excluding hydrogens is 178 g/mol. The second-order valence-corrected chi connectivity index (χ2v) is 2.63. The highest BCUT2D eigenvalue weighted by atomic mass is 16.3. The first-order valence-electron chi connectivity index (χ1n) is 3.53. The second-order valence-electron chi connectivity index (χ2n) is 2.63. The van der Waals surface area contributed by atoms with E-state index in [4.69, 9.17) is 21.7 Å². The molecule has 0 aromatic heterocycles. The van der Waals surface area contributed by atoms with Crippen molar-refractivity contribution in [3.8, 4) is 0 Å². The number of amides is 1. The molecule has 7 nitrogen and oxygen atoms in total. The average molecular weight is 191 g/mol. The lowest BCUT2D eigenvalue weighted by Crippen LogP contribution is -2.56. The molecule has 0 aromatic carbocycles. The number of carbonyl (C=O) groups excluding carboxylic acids is 2. The highest BCUT2D eigenvalue weighted by Crippen LogP contribution is 1.99. The van der Waals surface area contributed by atoms with E-state index in [1.54, 1.807) is 0 Å². The van der Waals surface area contributed by atoms with Gasteiger partial charge >= 0.3 is 0 Å². The minimum absolute atomic E-state index is 0.307. The van der Waals surface area contributed by atoms with Crippen molar-refractivity contribution in [2.45, 2.75) is 24.3 Å². The molecule has 0 rings (SSSR count). The van der Waals surface area contributed by atoms with Crippen molar-refractivity contribution >= 4 is 12.2 Å². The first-order valence-corrected chi connectivity index (χ1v) is 3.53. The molecule has 8 N–H and O–H groups in total. The van der Waals surface area contributed by atoms with Gasteiger partial charge in [-0.2, -0.15) is 0 Å². The Kier molecular flexibility index (Phi) is 4.49. The van der Waals surface area contributed by atoms with Gasteiger partial charge in [-0.25, -0.2) is 0 Å². The molecule has 0 bridgehead atoms. The molecule has 0 saturated heterocycles. The van der Waals surface area contributed by atoms with Gasteiger partial charge in [-0.15, -0.1) is 0 Å². The Balaban J connectivity index is 4.32. The van der Waals surface area contributed by atoms with Crippen LogP contribution in [0.5, 0.6) is 0 Å². The third-order valence-electron chi connectivity index (χ3n) is 1.61. The molecule has 13 heavy (non-hydrogen) atoms. The SMILES string of the molecule is NC(=O)[C@@H](O)[C@@H](O)[C@H](N)[C@@H](N)C=O. The first-order chi connectivity index (χ1) is 5.91. The second kappa shape index (κ2) is 4.87. The molecule has 4 atom stereocenters. The van der Waals surface area contributed by atoms with Crippen LogP contribution in [0.3, 0.4) is 0 Å². The Hall–Kier alpha value is -1.02. The Morgan fingerprint density at radius 1 is 1.31 bits per heavy atom. The number of aliphatic hydroxyl groups is 2. The molecule has 1 amide bonds. The fourth-order valence-electron chi connectivity index (χ4n) is 0.697. The van der Waals surface area contributed by atoms with Crippen LogP contribution in [-0.2, 0) is 9.59 Å². The molecule has 0 saturated carbocycles. The number of aldehydes is 1. The van der Waals surface area contributed by atoms with Crippen molar-refractivity contribution in [3.05, 3.63) is 0 Å². The molecule has 7 heteroatoms. The van der Waals surface area contributed by atoms with E-state index in [9.17, 15) is 9.59 Å². The number of carbonyl (C=O) groups is 2. The Morgan fingerprint density at radius 3 is 2.08 bits per heavy atom. The van der Waals surface area contributed by atoms with Crippen LogP contribution < -0.4 is 17.2 Å². The van der Waals surface area contributed by atoms with E-state index in [0.717, 1.165) is 0 Å². The number of primary amides is 1. The smallest absolute Gasteiger partial charge is 0.249 e. The molecule has 0 aliphatic carbocycles. The molecule has 0 heterocycles. The number of rotatable bonds is 5. The van der Waals surface area contributed by atoms with E-state index in [2.05, 4.69) is 5.73 Å². The number of nitrogens with two attached hydrogens (primary N) is 3. The zero-order chi connectivity index (χ0) is 10.6. The molecule has 76 valence electrons. The van der Waals surface area contributed by atoms with E-state index in [1.807, 2.05) is 0 Å². The summed E-state index contributed by atoms with van der Waals surface area (Å²) in [4.78, 5) is 20.5. The Bertz CT molecular complexity index is 198. The van der Waals surface area contributed by atoms with Crippen LogP contribution in [0, 0.1) is 0 Å². The fourth-order valence-corrected chi connectivity index (χ4v) is 0.697. The van der Waals surface area contributed by atoms with E-state index in [-0.39, 0.29) is 0 Å². The summed E-state index contributed by atoms with van der Waals surface area (Å²) in [6, 6.07) is -2.37. The largest absolute Gasteiger partial charge is 0.388 e. The van der Waals surface area contributed by atoms with E-state index in [0.29, 0.717) is 6.29 Å². The highest BCUT2D eigenvalue weighted by Gasteiger charge is 2.30. The lowest BCUT2D eigenvalue weighted by Gasteiger charge is -2.23. The minimum atomic E-state index is -1.82. The standard InChI is InChI=1S/C6H13N3O4/c7-2(1-10)3(8)4(11)5(12)6(9)13/h1-5,11-12H,7-8H2,(H2,9,13)/t2-,3+,4-,5-/m0/s1. The van der Waals surface area contributed by atoms with E-state index in [1.165, 1.54) is 0 Å². The summed E-state index contributed by atoms with van der Waals surface area (Å²) in [7, 11) is 0. The summed E-state index contributed by atoms with van der Waals surface area (Å²) in [6.45, 7) is 0. The maximum Gasteiger partial charge on any atom is 0.249 e. The quantitative estimate of drug-likeness (QED) is 0.279. The third kappa shape index (κ3) is 3.07. The topological polar surface area (TPSA) is 153 Å². The van der Waals surface area contributed by atoms with Crippen molar-refractivity contribution in [1.29, 1.82) is 0 Å². The Labute approximate surface area is 74.5 Å². The van der Waals surface area contributed by atoms with Gasteiger partial charge in [-0.3, -0.25) is 4.79 Å². The number of aliphatic hydroxyl groups excluding tert-OH is 2. The molecule has 0 aliphatic rings. The summed E-state index contributed by atoms with van der Waals surface area (Å²) in [5.41, 5.74) is 15.1. The van der Waals surface area contributed by atoms with Gasteiger partial charge in [0.2, 0.25) is 5.91 Å². The molecular formula is C6H13N3O4. The normalized spacial score (nSPS) is 20.0. The van der Waals surface area contributed by atoms with Gasteiger partial charge in [0.1, 0.15) is 12.4 Å². The van der Waals surface area contributed by atoms with Gasteiger partial charge in [0.25, 0.3) is 0 Å². The zero-order valence-corrected chi connectivity index (χ0v) is 6.83. The van der Waals surface area contributed by atoms with Gasteiger partial charge < -0.3 is 32.2 Å². The third-order valence-corrected chi connectivity index (χ3v) is 1.61. The van der Waals surface area contributed by atoms with Gasteiger partial charge in [0.15, 0.2) is 6.10 Å². The van der Waals surface area contributed by atoms with Crippen LogP contribution in [0.4, 0.5) is 0 Å². The van der Waals surface area contributed by atoms with E-state index < -0.39 is 30.2 Å². The van der Waals surface area contributed by atoms with Gasteiger partial charge in [0, 0.05) is 0 Å². The Morgan fingerprint density at radius 2 is 1.77 bits per heavy atom. The van der Waals surface area contributed by atoms with Crippen molar-refractivity contribution < 1.29 is 19.8 Å². The van der Waals surface area contributed by atoms with Crippen LogP contribution >= 0.6 is 0 Å². The zero-order valence-electron chi connectivity index (χ0n) is 6.83. The molecule has 0 fully saturated rings. The van der Waals surface area contributed by atoms with Crippen molar-refractivity contribution in [2.75, 3.05) is 0 Å². The first kappa shape index (κ1) is 12.0. The number of hydrogen-bond acceptors (Lipinski definition) is 6. The minimum Gasteiger partial charge on any atom is -0.388 e. The monoisotopic (exact) mass is 191 g/mol. The van der Waals surface area contributed by atoms with Crippen LogP contribution in [0.25, 0.3) is 0 Å². The lowest BCUT2D eigenvalue weighted by atomic mass is 10.0. The van der Waals surface area contributed by atoms with Gasteiger partial charge in [-0.1, -0.05) is 0 Å². The van der Waals surface area contributed by atoms with Crippen molar-refractivity contribution in [2.24, 2.45) is 17.2 Å². The highest BCUT2D eigenvalue weighted by molar-refractivity contribution is 5.79. The lowest BCUT2D eigenvalue weighted by molar-refractivity contribution is -0.133. The predicted octanol–water partition coefficient (Wildman–Crippen LogP) is -3.95. The summed E-state index contributed by atoms with van der Waals surface area (Å²) in [5.74, 6) is -1.12. The molecule has 0 unspecified atom stereocenters. The maximum atomic E-state index is 10.4. The average Bonchev–Trinajstić information content (AvgIpc) is 2.12. The van der Waals surface area contributed by atoms with E-state index >= 15 is 0 Å². The van der Waals surface area contributed by atoms with Crippen molar-refractivity contribution in [3.63, 3.8) is 0 Å². The van der Waals surface area contributed by atoms with Crippen molar-refractivity contribution in [1.82, 2.24) is 0 Å². The van der Waals surface area contributed by atoms with Gasteiger partial charge in [-0.05, 0) is 0 Å². The molecule has 0 radical (unpaired) electrons. The summed E-state index contributed by atoms with van der Waals surface area (Å²) in [5, 5.41) is 18.1. The van der Waals surface area contributed by atoms with Crippen LogP contribution in [0.15, 0.2) is 0 Å².